The number of nitrogens with zero attached hydrogens (tertiary/aromatic N) is 2. The predicted molar refractivity (Wildman–Crippen MR) is 58.4 cm³/mol. The van der Waals surface area contributed by atoms with Crippen molar-refractivity contribution in [1.29, 1.82) is 0 Å². The molecule has 0 saturated heterocycles. The van der Waals surface area contributed by atoms with E-state index < -0.39 is 12.9 Å². The van der Waals surface area contributed by atoms with Gasteiger partial charge in [0.25, 0.3) is 0 Å². The van der Waals surface area contributed by atoms with Gasteiger partial charge in [0.15, 0.2) is 0 Å². The molecule has 0 amide bonds. The highest BCUT2D eigenvalue weighted by Gasteiger charge is 2.13. The summed E-state index contributed by atoms with van der Waals surface area (Å²) in [6.45, 7) is 0. The molecule has 0 aliphatic rings. The lowest BCUT2D eigenvalue weighted by Gasteiger charge is -2.02. The molecule has 2 N–H and O–H groups in total. The lowest BCUT2D eigenvalue weighted by Crippen LogP contribution is -2.28. The maximum absolute atomic E-state index is 12.9. The third-order valence-corrected chi connectivity index (χ3v) is 2.36. The molecule has 0 radical (unpaired) electrons. The molecular formula is C9H7BClFN2O2. The van der Waals surface area contributed by atoms with Crippen molar-refractivity contribution in [3.05, 3.63) is 41.4 Å². The van der Waals surface area contributed by atoms with E-state index in [0.717, 1.165) is 0 Å². The molecule has 4 nitrogen and oxygen atoms in total. The van der Waals surface area contributed by atoms with Crippen LogP contribution in [-0.4, -0.2) is 26.9 Å². The Labute approximate surface area is 96.0 Å². The van der Waals surface area contributed by atoms with Gasteiger partial charge in [0.05, 0.1) is 10.7 Å². The van der Waals surface area contributed by atoms with Crippen LogP contribution in [0.4, 0.5) is 4.39 Å². The minimum Gasteiger partial charge on any atom is -0.423 e. The molecule has 0 atom stereocenters. The summed E-state index contributed by atoms with van der Waals surface area (Å²) in [5.74, 6) is -0.514. The van der Waals surface area contributed by atoms with Gasteiger partial charge in [-0.15, -0.1) is 0 Å². The van der Waals surface area contributed by atoms with Crippen molar-refractivity contribution in [2.24, 2.45) is 0 Å². The molecule has 0 saturated carbocycles. The molecule has 2 aromatic rings. The van der Waals surface area contributed by atoms with Gasteiger partial charge in [-0.3, -0.25) is 0 Å². The monoisotopic (exact) mass is 240 g/mol. The number of hydrogen-bond donors (Lipinski definition) is 2. The van der Waals surface area contributed by atoms with Gasteiger partial charge in [-0.2, -0.15) is 5.10 Å². The first-order valence-electron chi connectivity index (χ1n) is 4.44. The third-order valence-electron chi connectivity index (χ3n) is 2.07. The summed E-state index contributed by atoms with van der Waals surface area (Å²) in [6, 6.07) is 4.10. The molecule has 0 bridgehead atoms. The first-order chi connectivity index (χ1) is 7.58. The van der Waals surface area contributed by atoms with E-state index in [-0.39, 0.29) is 10.5 Å². The van der Waals surface area contributed by atoms with Crippen molar-refractivity contribution in [2.75, 3.05) is 0 Å². The summed E-state index contributed by atoms with van der Waals surface area (Å²) >= 11 is 5.62. The molecule has 1 aromatic heterocycles. The van der Waals surface area contributed by atoms with Crippen molar-refractivity contribution in [3.63, 3.8) is 0 Å². The topological polar surface area (TPSA) is 58.3 Å². The summed E-state index contributed by atoms with van der Waals surface area (Å²) in [6.07, 6.45) is 2.73. The second-order valence-electron chi connectivity index (χ2n) is 3.19. The average molecular weight is 240 g/mol. The number of aromatic nitrogens is 2. The Morgan fingerprint density at radius 2 is 2.12 bits per heavy atom. The number of halogens is 2. The average Bonchev–Trinajstić information content (AvgIpc) is 2.71. The zero-order valence-electron chi connectivity index (χ0n) is 8.01. The zero-order chi connectivity index (χ0) is 11.7. The van der Waals surface area contributed by atoms with Crippen LogP contribution in [0, 0.1) is 5.82 Å². The highest BCUT2D eigenvalue weighted by molar-refractivity contribution is 6.58. The third kappa shape index (κ3) is 2.09. The second kappa shape index (κ2) is 4.25. The summed E-state index contributed by atoms with van der Waals surface area (Å²) in [5.41, 5.74) is 0.791. The molecule has 0 aliphatic carbocycles. The summed E-state index contributed by atoms with van der Waals surface area (Å²) in [5, 5.41) is 21.7. The van der Waals surface area contributed by atoms with Crippen LogP contribution in [0.5, 0.6) is 0 Å². The standard InChI is InChI=1S/C9H7BClFN2O2/c11-8-3-7(1-2-9(8)12)14-5-6(4-13-14)10(15)16/h1-5,15-16H. The van der Waals surface area contributed by atoms with Crippen LogP contribution in [-0.2, 0) is 0 Å². The molecule has 2 rings (SSSR count). The molecule has 82 valence electrons. The summed E-state index contributed by atoms with van der Waals surface area (Å²) in [4.78, 5) is 0. The van der Waals surface area contributed by atoms with E-state index in [4.69, 9.17) is 21.6 Å². The lowest BCUT2D eigenvalue weighted by molar-refractivity contribution is 0.426. The zero-order valence-corrected chi connectivity index (χ0v) is 8.76. The van der Waals surface area contributed by atoms with Gasteiger partial charge in [-0.05, 0) is 18.2 Å². The van der Waals surface area contributed by atoms with Crippen LogP contribution < -0.4 is 5.46 Å². The van der Waals surface area contributed by atoms with Crippen LogP contribution in [0.15, 0.2) is 30.6 Å². The SMILES string of the molecule is OB(O)c1cnn(-c2ccc(F)c(Cl)c2)c1. The lowest BCUT2D eigenvalue weighted by atomic mass is 9.83. The molecule has 16 heavy (non-hydrogen) atoms. The fourth-order valence-corrected chi connectivity index (χ4v) is 1.41. The van der Waals surface area contributed by atoms with E-state index in [0.29, 0.717) is 5.69 Å². The number of rotatable bonds is 2. The minimum atomic E-state index is -1.58. The van der Waals surface area contributed by atoms with Gasteiger partial charge in [0.1, 0.15) is 5.82 Å². The molecule has 0 unspecified atom stereocenters. The molecule has 1 heterocycles. The predicted octanol–water partition coefficient (Wildman–Crippen LogP) is 0.345. The molecule has 0 fully saturated rings. The number of hydrogen-bond acceptors (Lipinski definition) is 3. The molecule has 1 aromatic carbocycles. The number of benzene rings is 1. The minimum absolute atomic E-state index is 0.0147. The Hall–Kier alpha value is -1.37. The Bertz CT molecular complexity index is 518. The summed E-state index contributed by atoms with van der Waals surface area (Å²) in [7, 11) is -1.58. The van der Waals surface area contributed by atoms with Crippen molar-refractivity contribution in [1.82, 2.24) is 9.78 Å². The fourth-order valence-electron chi connectivity index (χ4n) is 1.24. The quantitative estimate of drug-likeness (QED) is 0.745. The Morgan fingerprint density at radius 3 is 2.69 bits per heavy atom. The van der Waals surface area contributed by atoms with Crippen molar-refractivity contribution in [2.45, 2.75) is 0 Å². The highest BCUT2D eigenvalue weighted by atomic mass is 35.5. The summed E-state index contributed by atoms with van der Waals surface area (Å²) < 4.78 is 14.3. The second-order valence-corrected chi connectivity index (χ2v) is 3.60. The van der Waals surface area contributed by atoms with Crippen LogP contribution >= 0.6 is 11.6 Å². The van der Waals surface area contributed by atoms with Gasteiger partial charge < -0.3 is 10.0 Å². The van der Waals surface area contributed by atoms with Gasteiger partial charge >= 0.3 is 7.12 Å². The van der Waals surface area contributed by atoms with Crippen molar-refractivity contribution < 1.29 is 14.4 Å². The Balaban J connectivity index is 2.39. The van der Waals surface area contributed by atoms with Crippen LogP contribution in [0.1, 0.15) is 0 Å². The van der Waals surface area contributed by atoms with E-state index in [9.17, 15) is 4.39 Å². The van der Waals surface area contributed by atoms with Crippen LogP contribution in [0.25, 0.3) is 5.69 Å². The maximum Gasteiger partial charge on any atom is 0.491 e. The van der Waals surface area contributed by atoms with E-state index in [1.165, 1.54) is 35.3 Å². The van der Waals surface area contributed by atoms with Crippen LogP contribution in [0.2, 0.25) is 5.02 Å². The molecule has 7 heteroatoms. The Morgan fingerprint density at radius 1 is 1.38 bits per heavy atom. The van der Waals surface area contributed by atoms with Gasteiger partial charge in [0, 0.05) is 17.9 Å². The van der Waals surface area contributed by atoms with Crippen molar-refractivity contribution in [3.8, 4) is 5.69 Å². The van der Waals surface area contributed by atoms with Crippen LogP contribution in [0.3, 0.4) is 0 Å². The highest BCUT2D eigenvalue weighted by Crippen LogP contribution is 2.17. The smallest absolute Gasteiger partial charge is 0.423 e. The van der Waals surface area contributed by atoms with Gasteiger partial charge in [-0.1, -0.05) is 11.6 Å². The van der Waals surface area contributed by atoms with Crippen molar-refractivity contribution >= 4 is 24.2 Å². The largest absolute Gasteiger partial charge is 0.491 e. The first kappa shape index (κ1) is 11.1. The van der Waals surface area contributed by atoms with E-state index in [2.05, 4.69) is 5.10 Å². The maximum atomic E-state index is 12.9. The normalized spacial score (nSPS) is 10.5. The first-order valence-corrected chi connectivity index (χ1v) is 4.82. The van der Waals surface area contributed by atoms with Gasteiger partial charge in [-0.25, -0.2) is 9.07 Å². The molecular weight excluding hydrogens is 233 g/mol. The van der Waals surface area contributed by atoms with E-state index in [1.54, 1.807) is 0 Å². The molecule has 0 spiro atoms. The Kier molecular flexibility index (Phi) is 2.96. The fraction of sp³-hybridized carbons (Fsp3) is 0. The van der Waals surface area contributed by atoms with Gasteiger partial charge in [0.2, 0.25) is 0 Å². The molecule has 0 aliphatic heterocycles. The van der Waals surface area contributed by atoms with E-state index >= 15 is 0 Å². The van der Waals surface area contributed by atoms with E-state index in [1.807, 2.05) is 0 Å².